The molecular formula is C20H21FN2O2. The van der Waals surface area contributed by atoms with E-state index in [4.69, 9.17) is 0 Å². The Bertz CT molecular complexity index is 787. The number of nitrogens with one attached hydrogen (secondary N) is 2. The summed E-state index contributed by atoms with van der Waals surface area (Å²) in [5.41, 5.74) is 2.35. The number of carbonyl (C=O) groups excluding carboxylic acids is 2. The highest BCUT2D eigenvalue weighted by Gasteiger charge is 2.32. The van der Waals surface area contributed by atoms with E-state index in [1.165, 1.54) is 12.1 Å². The molecule has 1 aliphatic rings. The fourth-order valence-electron chi connectivity index (χ4n) is 3.20. The molecule has 0 saturated carbocycles. The van der Waals surface area contributed by atoms with Gasteiger partial charge in [-0.15, -0.1) is 0 Å². The molecule has 2 amide bonds. The molecule has 2 N–H and O–H groups in total. The molecule has 1 heterocycles. The highest BCUT2D eigenvalue weighted by molar-refractivity contribution is 6.01. The number of para-hydroxylation sites is 1. The summed E-state index contributed by atoms with van der Waals surface area (Å²) in [4.78, 5) is 24.8. The molecular weight excluding hydrogens is 319 g/mol. The number of carbonyl (C=O) groups is 2. The Labute approximate surface area is 146 Å². The second-order valence-corrected chi connectivity index (χ2v) is 6.67. The summed E-state index contributed by atoms with van der Waals surface area (Å²) in [5, 5.41) is 5.84. The number of amides is 2. The quantitative estimate of drug-likeness (QED) is 0.890. The van der Waals surface area contributed by atoms with Gasteiger partial charge in [0.05, 0.1) is 12.0 Å². The summed E-state index contributed by atoms with van der Waals surface area (Å²) in [6.07, 6.45) is 0.122. The molecule has 3 rings (SSSR count). The minimum Gasteiger partial charge on any atom is -0.348 e. The van der Waals surface area contributed by atoms with Gasteiger partial charge < -0.3 is 10.6 Å². The first-order chi connectivity index (χ1) is 12.0. The lowest BCUT2D eigenvalue weighted by Crippen LogP contribution is -2.38. The SMILES string of the molecule is CC(C)C(NC(=O)C1CC(=O)Nc2ccccc21)c1ccc(F)cc1. The molecule has 5 heteroatoms. The molecule has 2 unspecified atom stereocenters. The van der Waals surface area contributed by atoms with E-state index in [-0.39, 0.29) is 36.0 Å². The Kier molecular flexibility index (Phi) is 4.83. The minimum absolute atomic E-state index is 0.122. The number of hydrogen-bond acceptors (Lipinski definition) is 2. The van der Waals surface area contributed by atoms with Crippen molar-refractivity contribution in [2.75, 3.05) is 5.32 Å². The summed E-state index contributed by atoms with van der Waals surface area (Å²) < 4.78 is 13.2. The Hall–Kier alpha value is -2.69. The number of rotatable bonds is 4. The van der Waals surface area contributed by atoms with Gasteiger partial charge in [0.1, 0.15) is 5.82 Å². The molecule has 130 valence electrons. The molecule has 0 fully saturated rings. The first kappa shape index (κ1) is 17.1. The van der Waals surface area contributed by atoms with Crippen molar-refractivity contribution >= 4 is 17.5 Å². The van der Waals surface area contributed by atoms with Crippen LogP contribution < -0.4 is 10.6 Å². The molecule has 0 bridgehead atoms. The van der Waals surface area contributed by atoms with Gasteiger partial charge in [-0.3, -0.25) is 9.59 Å². The normalized spacial score (nSPS) is 17.6. The zero-order valence-electron chi connectivity index (χ0n) is 14.3. The van der Waals surface area contributed by atoms with Crippen LogP contribution in [-0.2, 0) is 9.59 Å². The Morgan fingerprint density at radius 3 is 2.52 bits per heavy atom. The van der Waals surface area contributed by atoms with Crippen molar-refractivity contribution in [3.05, 3.63) is 65.5 Å². The van der Waals surface area contributed by atoms with Crippen LogP contribution in [0.4, 0.5) is 10.1 Å². The Morgan fingerprint density at radius 1 is 1.16 bits per heavy atom. The zero-order valence-corrected chi connectivity index (χ0v) is 14.3. The lowest BCUT2D eigenvalue weighted by Gasteiger charge is -2.29. The molecule has 2 aromatic rings. The van der Waals surface area contributed by atoms with Crippen LogP contribution >= 0.6 is 0 Å². The standard InChI is InChI=1S/C20H21FN2O2/c1-12(2)19(13-7-9-14(21)10-8-13)23-20(25)16-11-18(24)22-17-6-4-3-5-15(16)17/h3-10,12,16,19H,11H2,1-2H3,(H,22,24)(H,23,25). The fourth-order valence-corrected chi connectivity index (χ4v) is 3.20. The van der Waals surface area contributed by atoms with E-state index in [9.17, 15) is 14.0 Å². The lowest BCUT2D eigenvalue weighted by molar-refractivity contribution is -0.127. The van der Waals surface area contributed by atoms with E-state index in [1.54, 1.807) is 18.2 Å². The smallest absolute Gasteiger partial charge is 0.228 e. The van der Waals surface area contributed by atoms with Crippen LogP contribution in [0.1, 0.15) is 43.4 Å². The van der Waals surface area contributed by atoms with Crippen molar-refractivity contribution < 1.29 is 14.0 Å². The van der Waals surface area contributed by atoms with E-state index >= 15 is 0 Å². The van der Waals surface area contributed by atoms with Crippen LogP contribution in [0.3, 0.4) is 0 Å². The van der Waals surface area contributed by atoms with E-state index in [1.807, 2.05) is 32.0 Å². The minimum atomic E-state index is -0.522. The fraction of sp³-hybridized carbons (Fsp3) is 0.300. The first-order valence-electron chi connectivity index (χ1n) is 8.40. The maximum atomic E-state index is 13.2. The maximum Gasteiger partial charge on any atom is 0.228 e. The van der Waals surface area contributed by atoms with Crippen LogP contribution in [0.2, 0.25) is 0 Å². The predicted octanol–water partition coefficient (Wildman–Crippen LogP) is 3.77. The van der Waals surface area contributed by atoms with Crippen molar-refractivity contribution in [3.63, 3.8) is 0 Å². The molecule has 2 aromatic carbocycles. The van der Waals surface area contributed by atoms with Gasteiger partial charge in [-0.25, -0.2) is 4.39 Å². The predicted molar refractivity (Wildman–Crippen MR) is 94.6 cm³/mol. The molecule has 1 aliphatic heterocycles. The third-order valence-electron chi connectivity index (χ3n) is 4.51. The van der Waals surface area contributed by atoms with E-state index < -0.39 is 5.92 Å². The highest BCUT2D eigenvalue weighted by atomic mass is 19.1. The number of benzene rings is 2. The molecule has 0 radical (unpaired) electrons. The van der Waals surface area contributed by atoms with Crippen molar-refractivity contribution in [3.8, 4) is 0 Å². The van der Waals surface area contributed by atoms with Gasteiger partial charge in [0, 0.05) is 12.1 Å². The van der Waals surface area contributed by atoms with Crippen LogP contribution in [0, 0.1) is 11.7 Å². The van der Waals surface area contributed by atoms with Gasteiger partial charge in [0.2, 0.25) is 11.8 Å². The van der Waals surface area contributed by atoms with Gasteiger partial charge in [-0.05, 0) is 35.2 Å². The van der Waals surface area contributed by atoms with Gasteiger partial charge in [0.15, 0.2) is 0 Å². The maximum absolute atomic E-state index is 13.2. The topological polar surface area (TPSA) is 58.2 Å². The third kappa shape index (κ3) is 3.71. The summed E-state index contributed by atoms with van der Waals surface area (Å²) >= 11 is 0. The van der Waals surface area contributed by atoms with Gasteiger partial charge in [-0.1, -0.05) is 44.2 Å². The number of halogens is 1. The molecule has 0 aromatic heterocycles. The Balaban J connectivity index is 1.85. The number of fused-ring (bicyclic) bond motifs is 1. The average molecular weight is 340 g/mol. The number of anilines is 1. The van der Waals surface area contributed by atoms with Crippen molar-refractivity contribution in [1.29, 1.82) is 0 Å². The summed E-state index contributed by atoms with van der Waals surface area (Å²) in [6, 6.07) is 13.2. The van der Waals surface area contributed by atoms with Crippen LogP contribution in [-0.4, -0.2) is 11.8 Å². The lowest BCUT2D eigenvalue weighted by atomic mass is 9.88. The first-order valence-corrected chi connectivity index (χ1v) is 8.40. The molecule has 4 nitrogen and oxygen atoms in total. The zero-order chi connectivity index (χ0) is 18.0. The molecule has 0 aliphatic carbocycles. The van der Waals surface area contributed by atoms with Gasteiger partial charge >= 0.3 is 0 Å². The van der Waals surface area contributed by atoms with Crippen molar-refractivity contribution in [2.24, 2.45) is 5.92 Å². The van der Waals surface area contributed by atoms with Crippen molar-refractivity contribution in [2.45, 2.75) is 32.2 Å². The summed E-state index contributed by atoms with van der Waals surface area (Å²) in [5.74, 6) is -1.06. The largest absolute Gasteiger partial charge is 0.348 e. The van der Waals surface area contributed by atoms with E-state index in [2.05, 4.69) is 10.6 Å². The third-order valence-corrected chi connectivity index (χ3v) is 4.51. The monoisotopic (exact) mass is 340 g/mol. The average Bonchev–Trinajstić information content (AvgIpc) is 2.59. The molecule has 0 saturated heterocycles. The van der Waals surface area contributed by atoms with Gasteiger partial charge in [-0.2, -0.15) is 0 Å². The second kappa shape index (κ2) is 7.05. The van der Waals surface area contributed by atoms with Crippen LogP contribution in [0.15, 0.2) is 48.5 Å². The summed E-state index contributed by atoms with van der Waals surface area (Å²) in [7, 11) is 0. The van der Waals surface area contributed by atoms with Crippen LogP contribution in [0.25, 0.3) is 0 Å². The molecule has 2 atom stereocenters. The van der Waals surface area contributed by atoms with Gasteiger partial charge in [0.25, 0.3) is 0 Å². The molecule has 25 heavy (non-hydrogen) atoms. The number of hydrogen-bond donors (Lipinski definition) is 2. The van der Waals surface area contributed by atoms with Crippen LogP contribution in [0.5, 0.6) is 0 Å². The van der Waals surface area contributed by atoms with E-state index in [0.717, 1.165) is 11.1 Å². The van der Waals surface area contributed by atoms with E-state index in [0.29, 0.717) is 5.69 Å². The summed E-state index contributed by atoms with van der Waals surface area (Å²) in [6.45, 7) is 3.99. The van der Waals surface area contributed by atoms with Crippen molar-refractivity contribution in [1.82, 2.24) is 5.32 Å². The second-order valence-electron chi connectivity index (χ2n) is 6.67. The Morgan fingerprint density at radius 2 is 1.84 bits per heavy atom. The highest BCUT2D eigenvalue weighted by Crippen LogP contribution is 2.33. The molecule has 0 spiro atoms.